The first kappa shape index (κ1) is 40.4. The van der Waals surface area contributed by atoms with Gasteiger partial charge in [0.1, 0.15) is 23.2 Å². The SMILES string of the molecule is Br.CC(C)(C)[Si](C)(C)OCCCBr.CC(C)(C)[Si](C)(C)OCCC[P+](c1ccccc1)(c1ccccc1)c1ccccc1. The fourth-order valence-electron chi connectivity index (χ4n) is 4.33. The molecule has 0 radical (unpaired) electrons. The number of benzene rings is 3. The Kier molecular flexibility index (Phi) is 16.9. The lowest BCUT2D eigenvalue weighted by Gasteiger charge is -2.36. The molecule has 3 aromatic rings. The van der Waals surface area contributed by atoms with Crippen LogP contribution in [-0.2, 0) is 8.85 Å². The van der Waals surface area contributed by atoms with Gasteiger partial charge in [0, 0.05) is 25.0 Å². The van der Waals surface area contributed by atoms with Crippen LogP contribution in [0.1, 0.15) is 54.4 Å². The second-order valence-corrected chi connectivity index (χ2v) is 28.2. The molecule has 240 valence electrons. The summed E-state index contributed by atoms with van der Waals surface area (Å²) in [5.41, 5.74) is 0. The lowest BCUT2D eigenvalue weighted by Crippen LogP contribution is -2.41. The maximum Gasteiger partial charge on any atom is 0.191 e. The Morgan fingerprint density at radius 1 is 0.558 bits per heavy atom. The zero-order valence-corrected chi connectivity index (χ0v) is 34.6. The van der Waals surface area contributed by atoms with Crippen LogP contribution in [0.4, 0.5) is 0 Å². The maximum absolute atomic E-state index is 6.55. The fraction of sp³-hybridized carbons (Fsp3) is 0.500. The quantitative estimate of drug-likeness (QED) is 0.0791. The molecule has 43 heavy (non-hydrogen) atoms. The lowest BCUT2D eigenvalue weighted by atomic mass is 10.2. The molecular formula is C36H58Br2O2PSi2+. The van der Waals surface area contributed by atoms with Crippen molar-refractivity contribution in [3.8, 4) is 0 Å². The molecule has 0 atom stereocenters. The molecule has 0 fully saturated rings. The Morgan fingerprint density at radius 3 is 1.14 bits per heavy atom. The van der Waals surface area contributed by atoms with Gasteiger partial charge in [-0.25, -0.2) is 0 Å². The Balaban J connectivity index is 0.000000606. The molecule has 3 rings (SSSR count). The monoisotopic (exact) mass is 767 g/mol. The highest BCUT2D eigenvalue weighted by Gasteiger charge is 2.45. The Labute approximate surface area is 286 Å². The minimum atomic E-state index is -1.74. The van der Waals surface area contributed by atoms with Crippen LogP contribution in [0.3, 0.4) is 0 Å². The van der Waals surface area contributed by atoms with Crippen molar-refractivity contribution in [1.82, 2.24) is 0 Å². The van der Waals surface area contributed by atoms with Crippen LogP contribution in [0.15, 0.2) is 91.0 Å². The van der Waals surface area contributed by atoms with Crippen molar-refractivity contribution < 1.29 is 8.85 Å². The van der Waals surface area contributed by atoms with Crippen LogP contribution in [0.5, 0.6) is 0 Å². The van der Waals surface area contributed by atoms with Gasteiger partial charge in [0.2, 0.25) is 0 Å². The first-order chi connectivity index (χ1) is 19.6. The lowest BCUT2D eigenvalue weighted by molar-refractivity contribution is 0.289. The molecular weight excluding hydrogens is 711 g/mol. The molecule has 7 heteroatoms. The molecule has 2 nitrogen and oxygen atoms in total. The van der Waals surface area contributed by atoms with E-state index in [-0.39, 0.29) is 22.0 Å². The molecule has 0 bridgehead atoms. The summed E-state index contributed by atoms with van der Waals surface area (Å²) in [4.78, 5) is 0. The van der Waals surface area contributed by atoms with Crippen LogP contribution in [0, 0.1) is 0 Å². The van der Waals surface area contributed by atoms with Crippen molar-refractivity contribution in [2.75, 3.05) is 24.7 Å². The van der Waals surface area contributed by atoms with Crippen LogP contribution >= 0.6 is 40.2 Å². The summed E-state index contributed by atoms with van der Waals surface area (Å²) in [5, 5.41) is 6.00. The van der Waals surface area contributed by atoms with Gasteiger partial charge >= 0.3 is 0 Å². The molecule has 0 aliphatic heterocycles. The standard InChI is InChI=1S/C27H36OPSi.C9H21BrOSi.BrH/c1-27(2,3)30(4,5)28-22-15-23-29(24-16-9-6-10-17-24,25-18-11-7-12-19-25)26-20-13-8-14-21-26;1-9(2,3)12(4,5)11-8-6-7-10;/h6-14,16-21H,15,22-23H2,1-5H3;6-8H2,1-5H3;1H/q+1;;. The molecule has 0 saturated heterocycles. The molecule has 0 aliphatic rings. The van der Waals surface area contributed by atoms with Crippen LogP contribution in [0.25, 0.3) is 0 Å². The second kappa shape index (κ2) is 17.9. The van der Waals surface area contributed by atoms with E-state index in [1.54, 1.807) is 0 Å². The highest BCUT2D eigenvalue weighted by atomic mass is 79.9. The summed E-state index contributed by atoms with van der Waals surface area (Å²) in [7, 11) is -4.93. The van der Waals surface area contributed by atoms with Crippen LogP contribution < -0.4 is 15.9 Å². The maximum atomic E-state index is 6.55. The van der Waals surface area contributed by atoms with E-state index in [0.29, 0.717) is 5.04 Å². The first-order valence-corrected chi connectivity index (χ1v) is 24.4. The summed E-state index contributed by atoms with van der Waals surface area (Å²) in [6.45, 7) is 24.8. The molecule has 0 aliphatic carbocycles. The van der Waals surface area contributed by atoms with Gasteiger partial charge in [-0.2, -0.15) is 0 Å². The molecule has 0 saturated carbocycles. The second-order valence-electron chi connectivity index (χ2n) is 14.2. The molecule has 0 heterocycles. The summed E-state index contributed by atoms with van der Waals surface area (Å²) in [6.07, 6.45) is 3.31. The predicted octanol–water partition coefficient (Wildman–Crippen LogP) is 10.8. The number of alkyl halides is 1. The third kappa shape index (κ3) is 11.6. The van der Waals surface area contributed by atoms with E-state index in [9.17, 15) is 0 Å². The van der Waals surface area contributed by atoms with Crippen molar-refractivity contribution >= 4 is 72.7 Å². The highest BCUT2D eigenvalue weighted by molar-refractivity contribution is 9.09. The van der Waals surface area contributed by atoms with Gasteiger partial charge in [-0.3, -0.25) is 0 Å². The Morgan fingerprint density at radius 2 is 0.860 bits per heavy atom. The average Bonchev–Trinajstić information content (AvgIpc) is 2.94. The first-order valence-electron chi connectivity index (χ1n) is 15.5. The molecule has 0 amide bonds. The van der Waals surface area contributed by atoms with Gasteiger partial charge in [-0.05, 0) is 79.1 Å². The van der Waals surface area contributed by atoms with E-state index in [2.05, 4.69) is 175 Å². The van der Waals surface area contributed by atoms with Gasteiger partial charge in [0.25, 0.3) is 0 Å². The topological polar surface area (TPSA) is 18.5 Å². The summed E-state index contributed by atoms with van der Waals surface area (Å²) in [6, 6.07) is 33.4. The van der Waals surface area contributed by atoms with E-state index in [1.165, 1.54) is 15.9 Å². The zero-order chi connectivity index (χ0) is 31.5. The highest BCUT2D eigenvalue weighted by Crippen LogP contribution is 2.55. The smallest absolute Gasteiger partial charge is 0.191 e. The van der Waals surface area contributed by atoms with Crippen molar-refractivity contribution in [2.45, 2.75) is 90.6 Å². The molecule has 0 aromatic heterocycles. The van der Waals surface area contributed by atoms with Crippen molar-refractivity contribution in [3.63, 3.8) is 0 Å². The summed E-state index contributed by atoms with van der Waals surface area (Å²) in [5.74, 6) is 0. The van der Waals surface area contributed by atoms with Crippen LogP contribution in [-0.4, -0.2) is 41.3 Å². The number of rotatable bonds is 12. The molecule has 0 unspecified atom stereocenters. The van der Waals surface area contributed by atoms with Crippen LogP contribution in [0.2, 0.25) is 36.3 Å². The zero-order valence-electron chi connectivity index (χ0n) is 28.5. The van der Waals surface area contributed by atoms with Gasteiger partial charge in [-0.15, -0.1) is 17.0 Å². The largest absolute Gasteiger partial charge is 0.417 e. The van der Waals surface area contributed by atoms with Crippen molar-refractivity contribution in [2.24, 2.45) is 0 Å². The fourth-order valence-corrected chi connectivity index (χ4v) is 11.0. The van der Waals surface area contributed by atoms with E-state index in [1.807, 2.05) is 0 Å². The normalized spacial score (nSPS) is 12.6. The van der Waals surface area contributed by atoms with Crippen molar-refractivity contribution in [3.05, 3.63) is 91.0 Å². The minimum Gasteiger partial charge on any atom is -0.417 e. The number of hydrogen-bond acceptors (Lipinski definition) is 2. The summed E-state index contributed by atoms with van der Waals surface area (Å²) >= 11 is 3.40. The third-order valence-electron chi connectivity index (χ3n) is 9.04. The average molecular weight is 770 g/mol. The van der Waals surface area contributed by atoms with Gasteiger partial charge < -0.3 is 8.85 Å². The Bertz CT molecular complexity index is 1070. The Hall–Kier alpha value is -0.596. The van der Waals surface area contributed by atoms with E-state index in [0.717, 1.165) is 37.5 Å². The molecule has 0 N–H and O–H groups in total. The molecule has 0 spiro atoms. The number of halogens is 2. The van der Waals surface area contributed by atoms with E-state index < -0.39 is 23.9 Å². The van der Waals surface area contributed by atoms with Gasteiger partial charge in [-0.1, -0.05) is 112 Å². The van der Waals surface area contributed by atoms with E-state index >= 15 is 0 Å². The third-order valence-corrected chi connectivity index (χ3v) is 23.2. The molecule has 3 aromatic carbocycles. The summed E-state index contributed by atoms with van der Waals surface area (Å²) < 4.78 is 12.5. The number of hydrogen-bond donors (Lipinski definition) is 0. The minimum absolute atomic E-state index is 0. The van der Waals surface area contributed by atoms with Gasteiger partial charge in [0.05, 0.1) is 6.16 Å². The predicted molar refractivity (Wildman–Crippen MR) is 210 cm³/mol. The van der Waals surface area contributed by atoms with Crippen molar-refractivity contribution in [1.29, 1.82) is 0 Å². The van der Waals surface area contributed by atoms with E-state index in [4.69, 9.17) is 8.85 Å². The van der Waals surface area contributed by atoms with Gasteiger partial charge in [0.15, 0.2) is 16.6 Å².